The molecule has 2 aliphatic rings. The second kappa shape index (κ2) is 10.7. The molecule has 2 N–H and O–H groups in total. The second-order valence-corrected chi connectivity index (χ2v) is 5.23. The summed E-state index contributed by atoms with van der Waals surface area (Å²) in [6.45, 7) is 5.38. The van der Waals surface area contributed by atoms with Crippen LogP contribution in [0.25, 0.3) is 0 Å². The molecule has 2 rings (SSSR count). The minimum Gasteiger partial charge on any atom is -0.355 e. The van der Waals surface area contributed by atoms with E-state index in [0.717, 1.165) is 26.1 Å². The molecule has 0 saturated carbocycles. The number of rotatable bonds is 6. The predicted molar refractivity (Wildman–Crippen MR) is 83.4 cm³/mol. The molecule has 0 radical (unpaired) electrons. The van der Waals surface area contributed by atoms with Gasteiger partial charge in [0.15, 0.2) is 0 Å². The van der Waals surface area contributed by atoms with Gasteiger partial charge in [0, 0.05) is 25.6 Å². The van der Waals surface area contributed by atoms with Crippen LogP contribution in [0.5, 0.6) is 0 Å². The fraction of sp³-hybridized carbons (Fsp3) is 0.923. The van der Waals surface area contributed by atoms with Crippen molar-refractivity contribution in [2.24, 2.45) is 0 Å². The van der Waals surface area contributed by atoms with Gasteiger partial charge in [-0.15, -0.1) is 24.8 Å². The standard InChI is InChI=1S/C13H25N3O.2ClH/c17-13(6-5-12-4-3-7-14-12)15-8-11-16-9-1-2-10-16;;/h12,14H,1-11H2,(H,15,17);2*1H. The van der Waals surface area contributed by atoms with Crippen molar-refractivity contribution >= 4 is 30.7 Å². The van der Waals surface area contributed by atoms with E-state index in [9.17, 15) is 4.79 Å². The summed E-state index contributed by atoms with van der Waals surface area (Å²) in [5, 5.41) is 6.45. The van der Waals surface area contributed by atoms with E-state index in [-0.39, 0.29) is 30.7 Å². The molecule has 2 saturated heterocycles. The third kappa shape index (κ3) is 7.35. The first-order valence-electron chi connectivity index (χ1n) is 7.07. The van der Waals surface area contributed by atoms with Gasteiger partial charge in [-0.05, 0) is 51.7 Å². The van der Waals surface area contributed by atoms with Gasteiger partial charge in [0.1, 0.15) is 0 Å². The molecule has 2 fully saturated rings. The van der Waals surface area contributed by atoms with Crippen LogP contribution in [-0.4, -0.2) is 49.6 Å². The number of nitrogens with one attached hydrogen (secondary N) is 2. The molecule has 2 aliphatic heterocycles. The van der Waals surface area contributed by atoms with Crippen LogP contribution in [0.1, 0.15) is 38.5 Å². The molecule has 1 amide bonds. The highest BCUT2D eigenvalue weighted by Gasteiger charge is 2.15. The Morgan fingerprint density at radius 3 is 2.58 bits per heavy atom. The zero-order valence-electron chi connectivity index (χ0n) is 11.5. The Balaban J connectivity index is 0.00000162. The fourth-order valence-corrected chi connectivity index (χ4v) is 2.76. The van der Waals surface area contributed by atoms with Crippen molar-refractivity contribution in [1.29, 1.82) is 0 Å². The first-order valence-corrected chi connectivity index (χ1v) is 7.07. The topological polar surface area (TPSA) is 44.4 Å². The molecule has 19 heavy (non-hydrogen) atoms. The molecule has 2 heterocycles. The number of hydrogen-bond donors (Lipinski definition) is 2. The van der Waals surface area contributed by atoms with Crippen molar-refractivity contribution in [1.82, 2.24) is 15.5 Å². The Morgan fingerprint density at radius 2 is 1.95 bits per heavy atom. The summed E-state index contributed by atoms with van der Waals surface area (Å²) in [4.78, 5) is 14.0. The molecule has 1 atom stereocenters. The van der Waals surface area contributed by atoms with E-state index in [2.05, 4.69) is 15.5 Å². The highest BCUT2D eigenvalue weighted by atomic mass is 35.5. The Morgan fingerprint density at radius 1 is 1.21 bits per heavy atom. The van der Waals surface area contributed by atoms with Crippen molar-refractivity contribution in [3.63, 3.8) is 0 Å². The number of hydrogen-bond acceptors (Lipinski definition) is 3. The summed E-state index contributed by atoms with van der Waals surface area (Å²) < 4.78 is 0. The van der Waals surface area contributed by atoms with Gasteiger partial charge in [0.25, 0.3) is 0 Å². The average molecular weight is 312 g/mol. The van der Waals surface area contributed by atoms with Crippen LogP contribution in [0.2, 0.25) is 0 Å². The predicted octanol–water partition coefficient (Wildman–Crippen LogP) is 1.57. The van der Waals surface area contributed by atoms with Gasteiger partial charge in [-0.2, -0.15) is 0 Å². The van der Waals surface area contributed by atoms with Crippen LogP contribution in [0.3, 0.4) is 0 Å². The molecular weight excluding hydrogens is 285 g/mol. The van der Waals surface area contributed by atoms with Crippen LogP contribution in [0.15, 0.2) is 0 Å². The number of halogens is 2. The molecule has 114 valence electrons. The van der Waals surface area contributed by atoms with E-state index < -0.39 is 0 Å². The first kappa shape index (κ1) is 19.0. The number of carbonyl (C=O) groups is 1. The third-order valence-electron chi connectivity index (χ3n) is 3.83. The fourth-order valence-electron chi connectivity index (χ4n) is 2.76. The number of likely N-dealkylation sites (tertiary alicyclic amines) is 1. The molecule has 6 heteroatoms. The third-order valence-corrected chi connectivity index (χ3v) is 3.83. The van der Waals surface area contributed by atoms with Crippen LogP contribution in [0, 0.1) is 0 Å². The summed E-state index contributed by atoms with van der Waals surface area (Å²) in [7, 11) is 0. The smallest absolute Gasteiger partial charge is 0.220 e. The highest BCUT2D eigenvalue weighted by molar-refractivity contribution is 5.85. The quantitative estimate of drug-likeness (QED) is 0.782. The maximum atomic E-state index is 11.6. The van der Waals surface area contributed by atoms with Crippen molar-refractivity contribution in [3.05, 3.63) is 0 Å². The molecular formula is C13H27Cl2N3O. The minimum atomic E-state index is 0. The van der Waals surface area contributed by atoms with Crippen molar-refractivity contribution in [2.45, 2.75) is 44.6 Å². The Kier molecular flexibility index (Phi) is 10.7. The van der Waals surface area contributed by atoms with Gasteiger partial charge < -0.3 is 15.5 Å². The summed E-state index contributed by atoms with van der Waals surface area (Å²) in [5.74, 6) is 0.220. The van der Waals surface area contributed by atoms with Gasteiger partial charge in [-0.3, -0.25) is 4.79 Å². The largest absolute Gasteiger partial charge is 0.355 e. The van der Waals surface area contributed by atoms with Crippen molar-refractivity contribution < 1.29 is 4.79 Å². The van der Waals surface area contributed by atoms with Crippen LogP contribution in [-0.2, 0) is 4.79 Å². The molecule has 1 unspecified atom stereocenters. The molecule has 0 aromatic heterocycles. The van der Waals surface area contributed by atoms with Gasteiger partial charge >= 0.3 is 0 Å². The Bertz CT molecular complexity index is 242. The Hall–Kier alpha value is -0.0300. The maximum Gasteiger partial charge on any atom is 0.220 e. The van der Waals surface area contributed by atoms with Gasteiger partial charge in [0.05, 0.1) is 0 Å². The molecule has 0 aliphatic carbocycles. The Labute approximate surface area is 128 Å². The van der Waals surface area contributed by atoms with E-state index in [1.807, 2.05) is 0 Å². The van der Waals surface area contributed by atoms with Crippen LogP contribution < -0.4 is 10.6 Å². The monoisotopic (exact) mass is 311 g/mol. The number of amides is 1. The van der Waals surface area contributed by atoms with Crippen molar-refractivity contribution in [3.8, 4) is 0 Å². The summed E-state index contributed by atoms with van der Waals surface area (Å²) in [5.41, 5.74) is 0. The van der Waals surface area contributed by atoms with E-state index in [4.69, 9.17) is 0 Å². The maximum absolute atomic E-state index is 11.6. The lowest BCUT2D eigenvalue weighted by molar-refractivity contribution is -0.121. The van der Waals surface area contributed by atoms with Crippen LogP contribution >= 0.6 is 24.8 Å². The second-order valence-electron chi connectivity index (χ2n) is 5.23. The number of nitrogens with zero attached hydrogens (tertiary/aromatic N) is 1. The summed E-state index contributed by atoms with van der Waals surface area (Å²) >= 11 is 0. The van der Waals surface area contributed by atoms with Crippen LogP contribution in [0.4, 0.5) is 0 Å². The van der Waals surface area contributed by atoms with Gasteiger partial charge in [0.2, 0.25) is 5.91 Å². The summed E-state index contributed by atoms with van der Waals surface area (Å²) in [6.07, 6.45) is 6.82. The molecule has 0 spiro atoms. The highest BCUT2D eigenvalue weighted by Crippen LogP contribution is 2.10. The molecule has 0 aromatic carbocycles. The molecule has 0 aromatic rings. The van der Waals surface area contributed by atoms with E-state index in [0.29, 0.717) is 12.5 Å². The normalized spacial score (nSPS) is 22.6. The van der Waals surface area contributed by atoms with E-state index >= 15 is 0 Å². The molecule has 4 nitrogen and oxygen atoms in total. The van der Waals surface area contributed by atoms with E-state index in [1.54, 1.807) is 0 Å². The molecule has 0 bridgehead atoms. The van der Waals surface area contributed by atoms with Crippen molar-refractivity contribution in [2.75, 3.05) is 32.7 Å². The minimum absolute atomic E-state index is 0. The lowest BCUT2D eigenvalue weighted by Crippen LogP contribution is -2.34. The number of carbonyl (C=O) groups excluding carboxylic acids is 1. The van der Waals surface area contributed by atoms with Gasteiger partial charge in [-0.25, -0.2) is 0 Å². The zero-order valence-corrected chi connectivity index (χ0v) is 13.2. The lowest BCUT2D eigenvalue weighted by Gasteiger charge is -2.15. The van der Waals surface area contributed by atoms with E-state index in [1.165, 1.54) is 38.8 Å². The average Bonchev–Trinajstić information content (AvgIpc) is 2.99. The zero-order chi connectivity index (χ0) is 11.9. The first-order chi connectivity index (χ1) is 8.34. The van der Waals surface area contributed by atoms with Gasteiger partial charge in [-0.1, -0.05) is 0 Å². The lowest BCUT2D eigenvalue weighted by atomic mass is 10.1. The summed E-state index contributed by atoms with van der Waals surface area (Å²) in [6, 6.07) is 0.583. The SMILES string of the molecule is Cl.Cl.O=C(CCC1CCCN1)NCCN1CCCC1.